The highest BCUT2D eigenvalue weighted by Gasteiger charge is 2.05. The zero-order chi connectivity index (χ0) is 19.3. The summed E-state index contributed by atoms with van der Waals surface area (Å²) in [6.07, 6.45) is 19.8. The molecule has 0 aliphatic carbocycles. The second kappa shape index (κ2) is 12.7. The maximum absolute atomic E-state index is 2.32. The van der Waals surface area contributed by atoms with Crippen molar-refractivity contribution in [1.29, 1.82) is 0 Å². The molecule has 148 valence electrons. The Morgan fingerprint density at radius 1 is 0.630 bits per heavy atom. The van der Waals surface area contributed by atoms with Crippen LogP contribution in [0.15, 0.2) is 42.7 Å². The van der Waals surface area contributed by atoms with Gasteiger partial charge < -0.3 is 0 Å². The fourth-order valence-electron chi connectivity index (χ4n) is 3.67. The van der Waals surface area contributed by atoms with Crippen LogP contribution in [-0.4, -0.2) is 0 Å². The molecule has 0 saturated heterocycles. The molecular weight excluding hydrogens is 326 g/mol. The molecule has 0 aliphatic heterocycles. The van der Waals surface area contributed by atoms with Gasteiger partial charge in [0.15, 0.2) is 18.9 Å². The molecule has 2 aromatic rings. The minimum Gasteiger partial charge on any atom is -0.201 e. The van der Waals surface area contributed by atoms with Gasteiger partial charge in [-0.2, -0.15) is 0 Å². The first-order chi connectivity index (χ1) is 13.2. The van der Waals surface area contributed by atoms with Crippen LogP contribution in [0.4, 0.5) is 0 Å². The van der Waals surface area contributed by atoms with Gasteiger partial charge in [-0.3, -0.25) is 0 Å². The maximum atomic E-state index is 2.32. The van der Waals surface area contributed by atoms with Crippen molar-refractivity contribution in [2.45, 2.75) is 97.9 Å². The van der Waals surface area contributed by atoms with Crippen molar-refractivity contribution in [3.8, 4) is 0 Å². The number of hydrogen-bond donors (Lipinski definition) is 0. The molecule has 1 heteroatoms. The SMILES string of the molecule is CCCCCCCCCCCCc1ccc(C[n+]2ccc(C)c(C)c2)cc1. The highest BCUT2D eigenvalue weighted by Crippen LogP contribution is 2.13. The van der Waals surface area contributed by atoms with E-state index in [-0.39, 0.29) is 0 Å². The van der Waals surface area contributed by atoms with E-state index < -0.39 is 0 Å². The van der Waals surface area contributed by atoms with E-state index in [1.54, 1.807) is 0 Å². The van der Waals surface area contributed by atoms with Crippen molar-refractivity contribution >= 4 is 0 Å². The molecule has 1 aromatic carbocycles. The van der Waals surface area contributed by atoms with E-state index in [4.69, 9.17) is 0 Å². The number of pyridine rings is 1. The summed E-state index contributed by atoms with van der Waals surface area (Å²) in [5.74, 6) is 0. The summed E-state index contributed by atoms with van der Waals surface area (Å²) in [6.45, 7) is 7.60. The molecule has 0 radical (unpaired) electrons. The van der Waals surface area contributed by atoms with E-state index in [2.05, 4.69) is 68.1 Å². The lowest BCUT2D eigenvalue weighted by molar-refractivity contribution is -0.688. The molecule has 0 N–H and O–H groups in total. The van der Waals surface area contributed by atoms with Crippen molar-refractivity contribution < 1.29 is 4.57 Å². The fourth-order valence-corrected chi connectivity index (χ4v) is 3.67. The van der Waals surface area contributed by atoms with Gasteiger partial charge in [-0.15, -0.1) is 0 Å². The van der Waals surface area contributed by atoms with Gasteiger partial charge in [-0.25, -0.2) is 4.57 Å². The van der Waals surface area contributed by atoms with E-state index in [9.17, 15) is 0 Å². The third-order valence-corrected chi connectivity index (χ3v) is 5.70. The Kier molecular flexibility index (Phi) is 10.2. The molecule has 0 bridgehead atoms. The first kappa shape index (κ1) is 21.7. The average molecular weight is 367 g/mol. The standard InChI is InChI=1S/C26H40N/c1-4-5-6-7-8-9-10-11-12-13-14-25-15-17-26(18-16-25)22-27-20-19-23(2)24(3)21-27/h15-21H,4-14,22H2,1-3H3/q+1. The van der Waals surface area contributed by atoms with Crippen molar-refractivity contribution in [2.75, 3.05) is 0 Å². The fraction of sp³-hybridized carbons (Fsp3) is 0.577. The molecule has 1 heterocycles. The van der Waals surface area contributed by atoms with E-state index in [1.165, 1.54) is 92.9 Å². The largest absolute Gasteiger partial charge is 0.201 e. The summed E-state index contributed by atoms with van der Waals surface area (Å²) in [6, 6.07) is 11.5. The van der Waals surface area contributed by atoms with Gasteiger partial charge in [0.1, 0.15) is 0 Å². The highest BCUT2D eigenvalue weighted by atomic mass is 14.9. The summed E-state index contributed by atoms with van der Waals surface area (Å²) in [7, 11) is 0. The number of hydrogen-bond acceptors (Lipinski definition) is 0. The smallest absolute Gasteiger partial charge is 0.173 e. The number of benzene rings is 1. The summed E-state index contributed by atoms with van der Waals surface area (Å²) in [5, 5.41) is 0. The van der Waals surface area contributed by atoms with Crippen LogP contribution in [0.25, 0.3) is 0 Å². The van der Waals surface area contributed by atoms with E-state index >= 15 is 0 Å². The number of unbranched alkanes of at least 4 members (excludes halogenated alkanes) is 9. The van der Waals surface area contributed by atoms with E-state index in [0.717, 1.165) is 6.54 Å². The Labute approximate surface area is 167 Å². The minimum absolute atomic E-state index is 0.958. The zero-order valence-corrected chi connectivity index (χ0v) is 18.0. The highest BCUT2D eigenvalue weighted by molar-refractivity contribution is 5.22. The van der Waals surface area contributed by atoms with Gasteiger partial charge in [0, 0.05) is 17.2 Å². The third-order valence-electron chi connectivity index (χ3n) is 5.70. The van der Waals surface area contributed by atoms with Gasteiger partial charge in [-0.1, -0.05) is 89.0 Å². The van der Waals surface area contributed by atoms with Crippen LogP contribution in [0.5, 0.6) is 0 Å². The van der Waals surface area contributed by atoms with Crippen molar-refractivity contribution in [3.05, 3.63) is 65.0 Å². The lowest BCUT2D eigenvalue weighted by Gasteiger charge is -2.05. The Morgan fingerprint density at radius 3 is 1.78 bits per heavy atom. The van der Waals surface area contributed by atoms with Gasteiger partial charge in [0.2, 0.25) is 0 Å². The first-order valence-electron chi connectivity index (χ1n) is 11.2. The van der Waals surface area contributed by atoms with Gasteiger partial charge in [0.05, 0.1) is 0 Å². The quantitative estimate of drug-likeness (QED) is 0.263. The zero-order valence-electron chi connectivity index (χ0n) is 18.0. The van der Waals surface area contributed by atoms with Crippen LogP contribution < -0.4 is 4.57 Å². The molecule has 1 aromatic heterocycles. The molecule has 0 unspecified atom stereocenters. The molecular formula is C26H40N+. The molecule has 0 amide bonds. The summed E-state index contributed by atoms with van der Waals surface area (Å²) in [5.41, 5.74) is 5.59. The third kappa shape index (κ3) is 8.73. The first-order valence-corrected chi connectivity index (χ1v) is 11.2. The normalized spacial score (nSPS) is 11.1. The number of aromatic nitrogens is 1. The second-order valence-electron chi connectivity index (χ2n) is 8.23. The summed E-state index contributed by atoms with van der Waals surface area (Å²) >= 11 is 0. The second-order valence-corrected chi connectivity index (χ2v) is 8.23. The monoisotopic (exact) mass is 366 g/mol. The predicted molar refractivity (Wildman–Crippen MR) is 117 cm³/mol. The van der Waals surface area contributed by atoms with E-state index in [1.807, 2.05) is 0 Å². The minimum atomic E-state index is 0.958. The van der Waals surface area contributed by atoms with Crippen molar-refractivity contribution in [1.82, 2.24) is 0 Å². The molecule has 0 saturated carbocycles. The maximum Gasteiger partial charge on any atom is 0.173 e. The van der Waals surface area contributed by atoms with E-state index in [0.29, 0.717) is 0 Å². The van der Waals surface area contributed by atoms with Crippen LogP contribution in [0, 0.1) is 13.8 Å². The average Bonchev–Trinajstić information content (AvgIpc) is 2.67. The molecule has 0 aliphatic rings. The Bertz CT molecular complexity index is 642. The van der Waals surface area contributed by atoms with Crippen molar-refractivity contribution in [3.63, 3.8) is 0 Å². The van der Waals surface area contributed by atoms with Crippen molar-refractivity contribution in [2.24, 2.45) is 0 Å². The Morgan fingerprint density at radius 2 is 1.19 bits per heavy atom. The van der Waals surface area contributed by atoms with Gasteiger partial charge >= 0.3 is 0 Å². The van der Waals surface area contributed by atoms with Crippen LogP contribution in [0.3, 0.4) is 0 Å². The van der Waals surface area contributed by atoms with Gasteiger partial charge in [0.25, 0.3) is 0 Å². The van der Waals surface area contributed by atoms with Gasteiger partial charge in [-0.05, 0) is 37.8 Å². The molecule has 0 atom stereocenters. The summed E-state index contributed by atoms with van der Waals surface area (Å²) in [4.78, 5) is 0. The van der Waals surface area contributed by atoms with Crippen LogP contribution in [-0.2, 0) is 13.0 Å². The predicted octanol–water partition coefficient (Wildman–Crippen LogP) is 7.10. The van der Waals surface area contributed by atoms with Crippen LogP contribution >= 0.6 is 0 Å². The Hall–Kier alpha value is -1.63. The topological polar surface area (TPSA) is 3.88 Å². The van der Waals surface area contributed by atoms with Crippen LogP contribution in [0.2, 0.25) is 0 Å². The number of nitrogens with zero attached hydrogens (tertiary/aromatic N) is 1. The lowest BCUT2D eigenvalue weighted by atomic mass is 10.0. The van der Waals surface area contributed by atoms with Crippen LogP contribution in [0.1, 0.15) is 93.4 Å². The molecule has 0 fully saturated rings. The molecule has 1 nitrogen and oxygen atoms in total. The summed E-state index contributed by atoms with van der Waals surface area (Å²) < 4.78 is 2.28. The number of rotatable bonds is 13. The molecule has 27 heavy (non-hydrogen) atoms. The Balaban J connectivity index is 1.59. The number of aryl methyl sites for hydroxylation is 3. The molecule has 0 spiro atoms. The molecule has 2 rings (SSSR count). The lowest BCUT2D eigenvalue weighted by Crippen LogP contribution is -2.33.